The fourth-order valence-electron chi connectivity index (χ4n) is 6.33. The largest absolute Gasteiger partial charge is 0.416 e. The Hall–Kier alpha value is -1.73. The van der Waals surface area contributed by atoms with Gasteiger partial charge in [0.1, 0.15) is 0 Å². The van der Waals surface area contributed by atoms with Gasteiger partial charge in [-0.15, -0.1) is 0 Å². The molecule has 0 saturated heterocycles. The summed E-state index contributed by atoms with van der Waals surface area (Å²) in [4.78, 5) is 5.20. The number of hydrogen-bond donors (Lipinski definition) is 0. The minimum absolute atomic E-state index is 0.0132. The molecule has 0 spiro atoms. The zero-order chi connectivity index (χ0) is 29.8. The molecule has 2 aliphatic carbocycles. The summed E-state index contributed by atoms with van der Waals surface area (Å²) in [5.74, 6) is 0.168. The van der Waals surface area contributed by atoms with Gasteiger partial charge in [0.2, 0.25) is 0 Å². The van der Waals surface area contributed by atoms with Crippen molar-refractivity contribution in [3.05, 3.63) is 63.5 Å². The van der Waals surface area contributed by atoms with E-state index >= 15 is 4.39 Å². The lowest BCUT2D eigenvalue weighted by Gasteiger charge is -2.45. The number of nitrogens with zero attached hydrogens (tertiary/aromatic N) is 1. The molecule has 0 bridgehead atoms. The van der Waals surface area contributed by atoms with Crippen LogP contribution in [0.5, 0.6) is 0 Å². The summed E-state index contributed by atoms with van der Waals surface area (Å²) in [5.41, 5.74) is 3.90. The van der Waals surface area contributed by atoms with Gasteiger partial charge in [-0.1, -0.05) is 73.4 Å². The number of aromatic nitrogens is 1. The van der Waals surface area contributed by atoms with Crippen molar-refractivity contribution >= 4 is 8.32 Å². The number of fused-ring (bicyclic) bond motifs is 1. The minimum Gasteiger partial charge on any atom is -0.410 e. The van der Waals surface area contributed by atoms with E-state index < -0.39 is 26.2 Å². The number of alkyl halides is 4. The van der Waals surface area contributed by atoms with Gasteiger partial charge in [0.05, 0.1) is 11.7 Å². The van der Waals surface area contributed by atoms with Crippen molar-refractivity contribution in [3.63, 3.8) is 0 Å². The molecule has 1 heterocycles. The van der Waals surface area contributed by atoms with Gasteiger partial charge in [-0.05, 0) is 84.3 Å². The van der Waals surface area contributed by atoms with Crippen molar-refractivity contribution in [1.82, 2.24) is 4.98 Å². The molecular weight excluding hydrogens is 530 g/mol. The smallest absolute Gasteiger partial charge is 0.410 e. The maximum Gasteiger partial charge on any atom is 0.416 e. The van der Waals surface area contributed by atoms with E-state index in [1.54, 1.807) is 0 Å². The first-order valence-corrected chi connectivity index (χ1v) is 17.8. The Morgan fingerprint density at radius 2 is 1.55 bits per heavy atom. The molecule has 0 unspecified atom stereocenters. The van der Waals surface area contributed by atoms with Crippen LogP contribution in [-0.2, 0) is 17.0 Å². The van der Waals surface area contributed by atoms with Crippen molar-refractivity contribution in [1.29, 1.82) is 0 Å². The molecule has 1 aromatic carbocycles. The lowest BCUT2D eigenvalue weighted by atomic mass is 9.70. The molecule has 2 aromatic rings. The third-order valence-corrected chi connectivity index (χ3v) is 14.0. The van der Waals surface area contributed by atoms with Gasteiger partial charge in [-0.3, -0.25) is 4.98 Å². The van der Waals surface area contributed by atoms with E-state index in [1.165, 1.54) is 12.1 Å². The van der Waals surface area contributed by atoms with E-state index in [1.807, 2.05) is 13.8 Å². The number of benzene rings is 1. The summed E-state index contributed by atoms with van der Waals surface area (Å²) in [5, 5.41) is 0.0132. The molecule has 1 fully saturated rings. The van der Waals surface area contributed by atoms with Crippen LogP contribution in [0.1, 0.15) is 144 Å². The third-order valence-electron chi connectivity index (χ3n) is 9.47. The molecule has 0 radical (unpaired) electrons. The SMILES string of the molecule is CC(C)c1nc2c(c(C3CCCC3)c1[C@@H](F)c1ccc(C(F)(F)F)cc1)[C@@H](O[Si](C)(C)C(C)(C)C)CC(C)(C)C2. The molecule has 0 amide bonds. The molecule has 4 rings (SSSR count). The summed E-state index contributed by atoms with van der Waals surface area (Å²) < 4.78 is 63.8. The molecule has 2 aliphatic rings. The quantitative estimate of drug-likeness (QED) is 0.252. The highest BCUT2D eigenvalue weighted by atomic mass is 28.4. The number of halogens is 4. The maximum absolute atomic E-state index is 16.9. The average molecular weight is 578 g/mol. The Balaban J connectivity index is 1.97. The second-order valence-electron chi connectivity index (χ2n) is 14.7. The van der Waals surface area contributed by atoms with E-state index in [9.17, 15) is 13.2 Å². The van der Waals surface area contributed by atoms with Gasteiger partial charge in [0, 0.05) is 22.5 Å². The van der Waals surface area contributed by atoms with E-state index in [2.05, 4.69) is 47.7 Å². The predicted molar refractivity (Wildman–Crippen MR) is 157 cm³/mol. The molecule has 2 atom stereocenters. The monoisotopic (exact) mass is 577 g/mol. The van der Waals surface area contributed by atoms with Crippen LogP contribution in [0, 0.1) is 5.41 Å². The standard InChI is InChI=1S/C33H47F4NOSi/c1-20(2)30-28(29(34)22-14-16-23(17-15-22)33(35,36)37)26(21-12-10-11-13-21)27-24(38-30)18-32(6,7)19-25(27)39-40(8,9)31(3,4)5/h14-17,20-21,25,29H,10-13,18-19H2,1-9H3/t25-,29-/m0/s1. The normalized spacial score (nSPS) is 21.1. The van der Waals surface area contributed by atoms with Crippen LogP contribution in [0.15, 0.2) is 24.3 Å². The van der Waals surface area contributed by atoms with Gasteiger partial charge in [0.25, 0.3) is 0 Å². The zero-order valence-electron chi connectivity index (χ0n) is 25.7. The number of hydrogen-bond acceptors (Lipinski definition) is 2. The highest BCUT2D eigenvalue weighted by Gasteiger charge is 2.46. The maximum atomic E-state index is 16.9. The van der Waals surface area contributed by atoms with Crippen molar-refractivity contribution in [2.24, 2.45) is 5.41 Å². The lowest BCUT2D eigenvalue weighted by Crippen LogP contribution is -2.44. The van der Waals surface area contributed by atoms with E-state index in [-0.39, 0.29) is 34.0 Å². The van der Waals surface area contributed by atoms with Gasteiger partial charge in [-0.2, -0.15) is 13.2 Å². The van der Waals surface area contributed by atoms with Crippen molar-refractivity contribution in [3.8, 4) is 0 Å². The summed E-state index contributed by atoms with van der Waals surface area (Å²) in [6, 6.07) is 4.57. The fraction of sp³-hybridized carbons (Fsp3) is 0.667. The molecule has 0 N–H and O–H groups in total. The summed E-state index contributed by atoms with van der Waals surface area (Å²) in [6.45, 7) is 19.8. The third kappa shape index (κ3) is 6.20. The molecule has 1 saturated carbocycles. The molecule has 0 aliphatic heterocycles. The topological polar surface area (TPSA) is 22.1 Å². The Morgan fingerprint density at radius 1 is 0.975 bits per heavy atom. The predicted octanol–water partition coefficient (Wildman–Crippen LogP) is 11.0. The van der Waals surface area contributed by atoms with E-state index in [0.717, 1.165) is 73.2 Å². The van der Waals surface area contributed by atoms with Crippen LogP contribution >= 0.6 is 0 Å². The van der Waals surface area contributed by atoms with Crippen molar-refractivity contribution in [2.75, 3.05) is 0 Å². The van der Waals surface area contributed by atoms with Crippen LogP contribution in [0.2, 0.25) is 18.1 Å². The molecule has 1 aromatic heterocycles. The van der Waals surface area contributed by atoms with E-state index in [0.29, 0.717) is 5.56 Å². The highest BCUT2D eigenvalue weighted by Crippen LogP contribution is 2.53. The molecule has 40 heavy (non-hydrogen) atoms. The van der Waals surface area contributed by atoms with Crippen LogP contribution in [0.3, 0.4) is 0 Å². The number of pyridine rings is 1. The average Bonchev–Trinajstić information content (AvgIpc) is 3.35. The van der Waals surface area contributed by atoms with Crippen LogP contribution in [0.4, 0.5) is 17.6 Å². The molecule has 2 nitrogen and oxygen atoms in total. The van der Waals surface area contributed by atoms with Crippen molar-refractivity contribution < 1.29 is 22.0 Å². The second-order valence-corrected chi connectivity index (χ2v) is 19.5. The first-order valence-electron chi connectivity index (χ1n) is 14.9. The number of rotatable bonds is 6. The Kier molecular flexibility index (Phi) is 8.45. The highest BCUT2D eigenvalue weighted by molar-refractivity contribution is 6.74. The van der Waals surface area contributed by atoms with Crippen LogP contribution < -0.4 is 0 Å². The first kappa shape index (κ1) is 31.2. The summed E-state index contributed by atoms with van der Waals surface area (Å²) in [7, 11) is -2.18. The van der Waals surface area contributed by atoms with Gasteiger partial charge in [0.15, 0.2) is 14.5 Å². The van der Waals surface area contributed by atoms with E-state index in [4.69, 9.17) is 9.41 Å². The lowest BCUT2D eigenvalue weighted by molar-refractivity contribution is -0.137. The first-order chi connectivity index (χ1) is 18.3. The Morgan fingerprint density at radius 3 is 2.05 bits per heavy atom. The van der Waals surface area contributed by atoms with Gasteiger partial charge in [-0.25, -0.2) is 4.39 Å². The fourth-order valence-corrected chi connectivity index (χ4v) is 7.60. The Bertz CT molecular complexity index is 1200. The van der Waals surface area contributed by atoms with Crippen LogP contribution in [0.25, 0.3) is 0 Å². The molecule has 222 valence electrons. The molecular formula is C33H47F4NOSi. The molecule has 7 heteroatoms. The van der Waals surface area contributed by atoms with Gasteiger partial charge < -0.3 is 4.43 Å². The van der Waals surface area contributed by atoms with Crippen molar-refractivity contribution in [2.45, 2.75) is 135 Å². The second kappa shape index (κ2) is 10.8. The minimum atomic E-state index is -4.46. The summed E-state index contributed by atoms with van der Waals surface area (Å²) >= 11 is 0. The Labute approximate surface area is 239 Å². The summed E-state index contributed by atoms with van der Waals surface area (Å²) in [6.07, 6.45) is -0.407. The van der Waals surface area contributed by atoms with Gasteiger partial charge >= 0.3 is 6.18 Å². The van der Waals surface area contributed by atoms with Crippen LogP contribution in [-0.4, -0.2) is 13.3 Å². The zero-order valence-corrected chi connectivity index (χ0v) is 26.7.